The summed E-state index contributed by atoms with van der Waals surface area (Å²) in [4.78, 5) is 11.7. The Morgan fingerprint density at radius 2 is 2.04 bits per heavy atom. The third-order valence-corrected chi connectivity index (χ3v) is 3.79. The van der Waals surface area contributed by atoms with E-state index in [2.05, 4.69) is 26.5 Å². The summed E-state index contributed by atoms with van der Waals surface area (Å²) >= 11 is 9.26. The molecule has 0 saturated carbocycles. The highest BCUT2D eigenvalue weighted by Gasteiger charge is 2.03. The van der Waals surface area contributed by atoms with Gasteiger partial charge < -0.3 is 9.47 Å². The molecule has 0 aromatic heterocycles. The second-order valence-corrected chi connectivity index (χ2v) is 5.95. The molecule has 0 heterocycles. The van der Waals surface area contributed by atoms with E-state index in [1.165, 1.54) is 6.21 Å². The topological polar surface area (TPSA) is 59.9 Å². The van der Waals surface area contributed by atoms with E-state index < -0.39 is 0 Å². The van der Waals surface area contributed by atoms with Crippen molar-refractivity contribution in [3.8, 4) is 11.5 Å². The van der Waals surface area contributed by atoms with E-state index in [0.29, 0.717) is 17.4 Å². The number of amides is 1. The fourth-order valence-corrected chi connectivity index (χ4v) is 2.32. The van der Waals surface area contributed by atoms with Crippen molar-refractivity contribution in [1.29, 1.82) is 0 Å². The monoisotopic (exact) mass is 410 g/mol. The van der Waals surface area contributed by atoms with Gasteiger partial charge in [0.15, 0.2) is 6.61 Å². The second kappa shape index (κ2) is 9.30. The van der Waals surface area contributed by atoms with Crippen LogP contribution >= 0.6 is 27.5 Å². The molecule has 7 heteroatoms. The van der Waals surface area contributed by atoms with Crippen molar-refractivity contribution < 1.29 is 14.3 Å². The van der Waals surface area contributed by atoms with Gasteiger partial charge in [-0.05, 0) is 43.3 Å². The lowest BCUT2D eigenvalue weighted by Crippen LogP contribution is -2.24. The zero-order valence-electron chi connectivity index (χ0n) is 13.0. The van der Waals surface area contributed by atoms with Gasteiger partial charge in [-0.15, -0.1) is 0 Å². The van der Waals surface area contributed by atoms with Crippen molar-refractivity contribution in [3.63, 3.8) is 0 Å². The number of carbonyl (C=O) groups excluding carboxylic acids is 1. The summed E-state index contributed by atoms with van der Waals surface area (Å²) in [5, 5.41) is 4.46. The number of nitrogens with one attached hydrogen (secondary N) is 1. The van der Waals surface area contributed by atoms with Crippen molar-refractivity contribution in [2.24, 2.45) is 5.10 Å². The Balaban J connectivity index is 1.87. The molecule has 0 fully saturated rings. The van der Waals surface area contributed by atoms with Crippen molar-refractivity contribution in [2.75, 3.05) is 13.2 Å². The van der Waals surface area contributed by atoms with Gasteiger partial charge in [0.2, 0.25) is 0 Å². The minimum atomic E-state index is -0.372. The van der Waals surface area contributed by atoms with Gasteiger partial charge in [0.1, 0.15) is 11.5 Å². The number of hydrogen-bond donors (Lipinski definition) is 1. The third-order valence-electron chi connectivity index (χ3n) is 2.84. The van der Waals surface area contributed by atoms with Crippen LogP contribution in [0.25, 0.3) is 0 Å². The van der Waals surface area contributed by atoms with Gasteiger partial charge >= 0.3 is 0 Å². The predicted molar refractivity (Wildman–Crippen MR) is 98.0 cm³/mol. The van der Waals surface area contributed by atoms with Crippen LogP contribution < -0.4 is 14.9 Å². The molecule has 5 nitrogen and oxygen atoms in total. The first-order chi connectivity index (χ1) is 11.6. The average molecular weight is 412 g/mol. The zero-order valence-corrected chi connectivity index (χ0v) is 15.3. The summed E-state index contributed by atoms with van der Waals surface area (Å²) in [7, 11) is 0. The maximum absolute atomic E-state index is 11.7. The van der Waals surface area contributed by atoms with Crippen molar-refractivity contribution in [1.82, 2.24) is 5.43 Å². The Kier molecular flexibility index (Phi) is 7.08. The van der Waals surface area contributed by atoms with Crippen LogP contribution in [0.4, 0.5) is 0 Å². The molecular formula is C17H16BrClN2O3. The standard InChI is InChI=1S/C17H16BrClN2O3/c1-2-23-15-6-7-16(18)12(8-15)10-20-21-17(22)11-24-14-5-3-4-13(19)9-14/h3-10H,2,11H2,1H3,(H,21,22). The maximum Gasteiger partial charge on any atom is 0.277 e. The molecule has 1 N–H and O–H groups in total. The van der Waals surface area contributed by atoms with E-state index in [-0.39, 0.29) is 12.5 Å². The summed E-state index contributed by atoms with van der Waals surface area (Å²) in [6, 6.07) is 12.4. The molecule has 0 aliphatic carbocycles. The van der Waals surface area contributed by atoms with Crippen LogP contribution in [0.3, 0.4) is 0 Å². The van der Waals surface area contributed by atoms with Crippen LogP contribution in [0.5, 0.6) is 11.5 Å². The van der Waals surface area contributed by atoms with Gasteiger partial charge in [0.05, 0.1) is 12.8 Å². The molecule has 0 aliphatic heterocycles. The Morgan fingerprint density at radius 1 is 1.25 bits per heavy atom. The number of halogens is 2. The molecule has 24 heavy (non-hydrogen) atoms. The van der Waals surface area contributed by atoms with Crippen LogP contribution in [0.15, 0.2) is 52.0 Å². The molecule has 2 aromatic carbocycles. The van der Waals surface area contributed by atoms with E-state index in [1.807, 2.05) is 25.1 Å². The second-order valence-electron chi connectivity index (χ2n) is 4.66. The molecule has 0 radical (unpaired) electrons. The van der Waals surface area contributed by atoms with Gasteiger partial charge in [0.25, 0.3) is 5.91 Å². The molecule has 0 unspecified atom stereocenters. The number of nitrogens with zero attached hydrogens (tertiary/aromatic N) is 1. The van der Waals surface area contributed by atoms with Crippen LogP contribution in [0, 0.1) is 0 Å². The highest BCUT2D eigenvalue weighted by Crippen LogP contribution is 2.21. The van der Waals surface area contributed by atoms with Crippen LogP contribution in [-0.4, -0.2) is 25.3 Å². The van der Waals surface area contributed by atoms with E-state index in [9.17, 15) is 4.79 Å². The lowest BCUT2D eigenvalue weighted by molar-refractivity contribution is -0.123. The fraction of sp³-hybridized carbons (Fsp3) is 0.176. The smallest absolute Gasteiger partial charge is 0.277 e. The van der Waals surface area contributed by atoms with Gasteiger partial charge in [-0.2, -0.15) is 5.10 Å². The Bertz CT molecular complexity index is 738. The van der Waals surface area contributed by atoms with Crippen molar-refractivity contribution in [2.45, 2.75) is 6.92 Å². The Hall–Kier alpha value is -2.05. The number of rotatable bonds is 7. The minimum Gasteiger partial charge on any atom is -0.494 e. The summed E-state index contributed by atoms with van der Waals surface area (Å²) in [5.74, 6) is 0.884. The van der Waals surface area contributed by atoms with E-state index in [0.717, 1.165) is 15.8 Å². The molecule has 0 spiro atoms. The first-order valence-electron chi connectivity index (χ1n) is 7.21. The molecule has 2 rings (SSSR count). The quantitative estimate of drug-likeness (QED) is 0.553. The highest BCUT2D eigenvalue weighted by atomic mass is 79.9. The first-order valence-corrected chi connectivity index (χ1v) is 8.38. The zero-order chi connectivity index (χ0) is 17.4. The molecule has 1 amide bonds. The molecule has 0 atom stereocenters. The van der Waals surface area contributed by atoms with Gasteiger partial charge in [-0.3, -0.25) is 4.79 Å². The Morgan fingerprint density at radius 3 is 2.79 bits per heavy atom. The lowest BCUT2D eigenvalue weighted by Gasteiger charge is -2.06. The van der Waals surface area contributed by atoms with E-state index >= 15 is 0 Å². The van der Waals surface area contributed by atoms with Gasteiger partial charge in [0, 0.05) is 15.1 Å². The van der Waals surface area contributed by atoms with Gasteiger partial charge in [-0.1, -0.05) is 33.6 Å². The number of ether oxygens (including phenoxy) is 2. The third kappa shape index (κ3) is 5.86. The molecule has 0 aliphatic rings. The van der Waals surface area contributed by atoms with E-state index in [1.54, 1.807) is 24.3 Å². The molecule has 0 bridgehead atoms. The number of hydrogen-bond acceptors (Lipinski definition) is 4. The average Bonchev–Trinajstić information content (AvgIpc) is 2.56. The molecule has 126 valence electrons. The summed E-state index contributed by atoms with van der Waals surface area (Å²) in [6.45, 7) is 2.34. The number of hydrazone groups is 1. The van der Waals surface area contributed by atoms with Crippen LogP contribution in [0.2, 0.25) is 5.02 Å². The van der Waals surface area contributed by atoms with Crippen LogP contribution in [-0.2, 0) is 4.79 Å². The normalized spacial score (nSPS) is 10.6. The summed E-state index contributed by atoms with van der Waals surface area (Å²) in [5.41, 5.74) is 3.19. The predicted octanol–water partition coefficient (Wildman–Crippen LogP) is 4.03. The Labute approximate surface area is 153 Å². The molecule has 2 aromatic rings. The summed E-state index contributed by atoms with van der Waals surface area (Å²) < 4.78 is 11.6. The molecular weight excluding hydrogens is 396 g/mol. The lowest BCUT2D eigenvalue weighted by atomic mass is 10.2. The fourth-order valence-electron chi connectivity index (χ4n) is 1.79. The number of benzene rings is 2. The van der Waals surface area contributed by atoms with E-state index in [4.69, 9.17) is 21.1 Å². The number of carbonyl (C=O) groups is 1. The van der Waals surface area contributed by atoms with Crippen molar-refractivity contribution in [3.05, 3.63) is 57.5 Å². The minimum absolute atomic E-state index is 0.155. The van der Waals surface area contributed by atoms with Crippen molar-refractivity contribution >= 4 is 39.7 Å². The summed E-state index contributed by atoms with van der Waals surface area (Å²) in [6.07, 6.45) is 1.53. The highest BCUT2D eigenvalue weighted by molar-refractivity contribution is 9.10. The van der Waals surface area contributed by atoms with Crippen LogP contribution in [0.1, 0.15) is 12.5 Å². The maximum atomic E-state index is 11.7. The largest absolute Gasteiger partial charge is 0.494 e. The van der Waals surface area contributed by atoms with Gasteiger partial charge in [-0.25, -0.2) is 5.43 Å². The molecule has 0 saturated heterocycles. The SMILES string of the molecule is CCOc1ccc(Br)c(C=NNC(=O)COc2cccc(Cl)c2)c1. The first kappa shape index (κ1) is 18.3.